The van der Waals surface area contributed by atoms with Crippen molar-refractivity contribution in [2.75, 3.05) is 11.9 Å². The summed E-state index contributed by atoms with van der Waals surface area (Å²) in [6, 6.07) is 1.47. The number of pyridine rings is 1. The van der Waals surface area contributed by atoms with Gasteiger partial charge in [0.2, 0.25) is 0 Å². The van der Waals surface area contributed by atoms with Crippen LogP contribution < -0.4 is 5.32 Å². The Morgan fingerprint density at radius 3 is 2.58 bits per heavy atom. The SMILES string of the molecule is O=C(COC(=O)C12C[C@@H]3C[C@@H](CC(O)(C3)C1)C2)Nc1ncc(Cl)cc1Cl. The van der Waals surface area contributed by atoms with Crippen LogP contribution in [0.3, 0.4) is 0 Å². The molecule has 4 bridgehead atoms. The monoisotopic (exact) mass is 398 g/mol. The number of nitrogens with one attached hydrogen (secondary N) is 1. The predicted molar refractivity (Wildman–Crippen MR) is 95.9 cm³/mol. The molecule has 1 aromatic heterocycles. The number of rotatable bonds is 4. The van der Waals surface area contributed by atoms with Crippen molar-refractivity contribution in [2.24, 2.45) is 17.3 Å². The summed E-state index contributed by atoms with van der Waals surface area (Å²) in [6.45, 7) is -0.408. The average molecular weight is 399 g/mol. The second-order valence-corrected chi connectivity index (χ2v) is 8.92. The minimum atomic E-state index is -0.744. The van der Waals surface area contributed by atoms with Gasteiger partial charge >= 0.3 is 5.97 Å². The van der Waals surface area contributed by atoms with E-state index < -0.39 is 23.5 Å². The number of carbonyl (C=O) groups is 2. The van der Waals surface area contributed by atoms with E-state index in [4.69, 9.17) is 27.9 Å². The Hall–Kier alpha value is -1.37. The molecule has 2 unspecified atom stereocenters. The van der Waals surface area contributed by atoms with Crippen LogP contribution >= 0.6 is 23.2 Å². The van der Waals surface area contributed by atoms with Gasteiger partial charge in [0.1, 0.15) is 0 Å². The third-order valence-corrected chi connectivity index (χ3v) is 6.36. The van der Waals surface area contributed by atoms with Crippen LogP contribution in [0.5, 0.6) is 0 Å². The Labute approximate surface area is 161 Å². The summed E-state index contributed by atoms with van der Waals surface area (Å²) in [5, 5.41) is 13.8. The molecule has 4 aliphatic carbocycles. The zero-order chi connectivity index (χ0) is 18.5. The largest absolute Gasteiger partial charge is 0.455 e. The normalized spacial score (nSPS) is 34.6. The molecule has 6 nitrogen and oxygen atoms in total. The molecule has 4 atom stereocenters. The molecule has 1 aromatic rings. The smallest absolute Gasteiger partial charge is 0.312 e. The van der Waals surface area contributed by atoms with E-state index in [1.54, 1.807) is 0 Å². The highest BCUT2D eigenvalue weighted by Gasteiger charge is 2.60. The molecule has 2 N–H and O–H groups in total. The van der Waals surface area contributed by atoms with Crippen LogP contribution in [0.25, 0.3) is 0 Å². The molecule has 0 saturated heterocycles. The molecule has 0 aliphatic heterocycles. The van der Waals surface area contributed by atoms with Gasteiger partial charge < -0.3 is 15.2 Å². The van der Waals surface area contributed by atoms with Crippen molar-refractivity contribution in [3.63, 3.8) is 0 Å². The fourth-order valence-electron chi connectivity index (χ4n) is 5.41. The number of aliphatic hydroxyl groups is 1. The fraction of sp³-hybridized carbons (Fsp3) is 0.611. The Morgan fingerprint density at radius 2 is 1.96 bits per heavy atom. The molecule has 5 rings (SSSR count). The van der Waals surface area contributed by atoms with E-state index in [0.29, 0.717) is 23.3 Å². The lowest BCUT2D eigenvalue weighted by Gasteiger charge is -2.58. The summed E-state index contributed by atoms with van der Waals surface area (Å²) in [5.74, 6) is 0.0227. The highest BCUT2D eigenvalue weighted by atomic mass is 35.5. The van der Waals surface area contributed by atoms with Gasteiger partial charge in [-0.15, -0.1) is 0 Å². The van der Waals surface area contributed by atoms with Crippen LogP contribution in [0.4, 0.5) is 5.82 Å². The number of aromatic nitrogens is 1. The number of hydrogen-bond donors (Lipinski definition) is 2. The highest BCUT2D eigenvalue weighted by molar-refractivity contribution is 6.36. The zero-order valence-corrected chi connectivity index (χ0v) is 15.6. The van der Waals surface area contributed by atoms with Crippen LogP contribution in [-0.2, 0) is 14.3 Å². The van der Waals surface area contributed by atoms with Crippen molar-refractivity contribution in [1.82, 2.24) is 4.98 Å². The highest BCUT2D eigenvalue weighted by Crippen LogP contribution is 2.61. The summed E-state index contributed by atoms with van der Waals surface area (Å²) in [4.78, 5) is 28.7. The summed E-state index contributed by atoms with van der Waals surface area (Å²) in [6.07, 6.45) is 5.94. The number of halogens is 2. The van der Waals surface area contributed by atoms with Gasteiger partial charge in [0.05, 0.1) is 21.1 Å². The second kappa shape index (κ2) is 6.36. The number of nitrogens with zero attached hydrogens (tertiary/aromatic N) is 1. The summed E-state index contributed by atoms with van der Waals surface area (Å²) in [5.41, 5.74) is -1.39. The zero-order valence-electron chi connectivity index (χ0n) is 14.1. The predicted octanol–water partition coefficient (Wildman–Crippen LogP) is 3.20. The van der Waals surface area contributed by atoms with E-state index >= 15 is 0 Å². The molecule has 0 radical (unpaired) electrons. The van der Waals surface area contributed by atoms with Crippen LogP contribution in [0.1, 0.15) is 38.5 Å². The molecule has 4 saturated carbocycles. The summed E-state index contributed by atoms with van der Waals surface area (Å²) in [7, 11) is 0. The minimum Gasteiger partial charge on any atom is -0.455 e. The molecule has 26 heavy (non-hydrogen) atoms. The van der Waals surface area contributed by atoms with Gasteiger partial charge in [0, 0.05) is 6.20 Å². The van der Waals surface area contributed by atoms with Crippen LogP contribution in [0, 0.1) is 17.3 Å². The molecule has 4 fully saturated rings. The first-order valence-corrected chi connectivity index (χ1v) is 9.53. The fourth-order valence-corrected chi connectivity index (χ4v) is 5.84. The van der Waals surface area contributed by atoms with E-state index in [0.717, 1.165) is 32.1 Å². The molecular formula is C18H20Cl2N2O4. The van der Waals surface area contributed by atoms with Gasteiger partial charge in [0.25, 0.3) is 5.91 Å². The van der Waals surface area contributed by atoms with Crippen LogP contribution in [0.15, 0.2) is 12.3 Å². The van der Waals surface area contributed by atoms with Crippen molar-refractivity contribution < 1.29 is 19.4 Å². The van der Waals surface area contributed by atoms with Gasteiger partial charge in [-0.3, -0.25) is 9.59 Å². The summed E-state index contributed by atoms with van der Waals surface area (Å²) < 4.78 is 5.31. The van der Waals surface area contributed by atoms with Gasteiger partial charge in [-0.05, 0) is 56.4 Å². The third kappa shape index (κ3) is 3.30. The molecule has 4 aliphatic rings. The first kappa shape index (κ1) is 18.0. The number of esters is 1. The van der Waals surface area contributed by atoms with Crippen molar-refractivity contribution in [3.05, 3.63) is 22.3 Å². The molecule has 0 aromatic carbocycles. The number of anilines is 1. The maximum atomic E-state index is 12.7. The van der Waals surface area contributed by atoms with Crippen LogP contribution in [-0.4, -0.2) is 34.2 Å². The molecule has 1 amide bonds. The first-order valence-electron chi connectivity index (χ1n) is 8.77. The maximum absolute atomic E-state index is 12.7. The second-order valence-electron chi connectivity index (χ2n) is 8.07. The van der Waals surface area contributed by atoms with E-state index in [9.17, 15) is 14.7 Å². The van der Waals surface area contributed by atoms with Gasteiger partial charge in [-0.2, -0.15) is 0 Å². The lowest BCUT2D eigenvalue weighted by molar-refractivity contribution is -0.196. The number of hydrogen-bond acceptors (Lipinski definition) is 5. The molecule has 140 valence electrons. The minimum absolute atomic E-state index is 0.168. The molecule has 0 spiro atoms. The summed E-state index contributed by atoms with van der Waals surface area (Å²) >= 11 is 11.7. The Balaban J connectivity index is 1.37. The van der Waals surface area contributed by atoms with Crippen LogP contribution in [0.2, 0.25) is 10.0 Å². The standard InChI is InChI=1S/C18H20Cl2N2O4/c19-12-2-13(20)15(21-7-12)22-14(23)8-26-16(24)17-3-10-1-11(4-17)6-18(25,5-10)9-17/h2,7,10-11,25H,1,3-6,8-9H2,(H,21,22,23)/t10-,11+,17?,18?. The van der Waals surface area contributed by atoms with E-state index in [2.05, 4.69) is 10.3 Å². The van der Waals surface area contributed by atoms with Crippen molar-refractivity contribution in [1.29, 1.82) is 0 Å². The van der Waals surface area contributed by atoms with Crippen molar-refractivity contribution in [2.45, 2.75) is 44.1 Å². The lowest BCUT2D eigenvalue weighted by atomic mass is 9.48. The molecular weight excluding hydrogens is 379 g/mol. The van der Waals surface area contributed by atoms with E-state index in [1.165, 1.54) is 12.3 Å². The topological polar surface area (TPSA) is 88.5 Å². The Morgan fingerprint density at radius 1 is 1.27 bits per heavy atom. The van der Waals surface area contributed by atoms with Crippen molar-refractivity contribution in [3.8, 4) is 0 Å². The Kier molecular flexibility index (Phi) is 4.40. The number of carbonyl (C=O) groups excluding carboxylic acids is 2. The number of ether oxygens (including phenoxy) is 1. The number of amides is 1. The molecule has 8 heteroatoms. The quantitative estimate of drug-likeness (QED) is 0.760. The molecule has 1 heterocycles. The van der Waals surface area contributed by atoms with Gasteiger partial charge in [0.15, 0.2) is 12.4 Å². The van der Waals surface area contributed by atoms with E-state index in [1.807, 2.05) is 0 Å². The average Bonchev–Trinajstić information content (AvgIpc) is 2.53. The Bertz CT molecular complexity index is 756. The van der Waals surface area contributed by atoms with Gasteiger partial charge in [-0.25, -0.2) is 4.98 Å². The lowest BCUT2D eigenvalue weighted by Crippen LogP contribution is -2.58. The third-order valence-electron chi connectivity index (χ3n) is 5.86. The van der Waals surface area contributed by atoms with Crippen molar-refractivity contribution >= 4 is 40.9 Å². The maximum Gasteiger partial charge on any atom is 0.312 e. The van der Waals surface area contributed by atoms with E-state index in [-0.39, 0.29) is 16.8 Å². The van der Waals surface area contributed by atoms with Gasteiger partial charge in [-0.1, -0.05) is 23.2 Å². The first-order chi connectivity index (χ1) is 12.3.